The Labute approximate surface area is 158 Å². The Kier molecular flexibility index (Phi) is 6.21. The van der Waals surface area contributed by atoms with Crippen LogP contribution in [0, 0.1) is 6.92 Å². The van der Waals surface area contributed by atoms with Gasteiger partial charge in [0.1, 0.15) is 0 Å². The number of hydrogen-bond donors (Lipinski definition) is 0. The van der Waals surface area contributed by atoms with Crippen LogP contribution < -0.4 is 0 Å². The molecule has 27 heavy (non-hydrogen) atoms. The molecule has 1 aromatic heterocycles. The molecule has 144 valence electrons. The van der Waals surface area contributed by atoms with Crippen LogP contribution in [0.25, 0.3) is 11.4 Å². The number of benzene rings is 1. The molecule has 0 saturated carbocycles. The Bertz CT molecular complexity index is 794. The second-order valence-electron chi connectivity index (χ2n) is 6.79. The molecule has 1 aromatic carbocycles. The van der Waals surface area contributed by atoms with Gasteiger partial charge in [-0.25, -0.2) is 0 Å². The highest BCUT2D eigenvalue weighted by Gasteiger charge is 2.27. The lowest BCUT2D eigenvalue weighted by Crippen LogP contribution is -2.38. The summed E-state index contributed by atoms with van der Waals surface area (Å²) >= 11 is 0. The normalized spacial score (nSPS) is 15.0. The first kappa shape index (κ1) is 19.1. The van der Waals surface area contributed by atoms with E-state index in [4.69, 9.17) is 9.26 Å². The summed E-state index contributed by atoms with van der Waals surface area (Å²) in [6, 6.07) is 7.99. The van der Waals surface area contributed by atoms with E-state index in [1.165, 1.54) is 0 Å². The number of piperidine rings is 1. The van der Waals surface area contributed by atoms with Crippen LogP contribution >= 0.6 is 0 Å². The molecule has 3 rings (SSSR count). The molecule has 1 saturated heterocycles. The van der Waals surface area contributed by atoms with Crippen molar-refractivity contribution in [3.05, 3.63) is 35.7 Å². The van der Waals surface area contributed by atoms with E-state index >= 15 is 0 Å². The van der Waals surface area contributed by atoms with E-state index in [1.54, 1.807) is 11.8 Å². The zero-order valence-corrected chi connectivity index (χ0v) is 15.8. The number of aromatic nitrogens is 2. The smallest absolute Gasteiger partial charge is 0.306 e. The lowest BCUT2D eigenvalue weighted by molar-refractivity contribution is -0.145. The lowest BCUT2D eigenvalue weighted by Gasteiger charge is -2.30. The molecule has 0 bridgehead atoms. The monoisotopic (exact) mass is 371 g/mol. The van der Waals surface area contributed by atoms with Gasteiger partial charge in [0.2, 0.25) is 17.6 Å². The third kappa shape index (κ3) is 4.93. The molecule has 1 aliphatic heterocycles. The Morgan fingerprint density at radius 3 is 2.74 bits per heavy atom. The van der Waals surface area contributed by atoms with Crippen LogP contribution in [-0.2, 0) is 14.3 Å². The maximum absolute atomic E-state index is 12.2. The third-order valence-electron chi connectivity index (χ3n) is 4.76. The summed E-state index contributed by atoms with van der Waals surface area (Å²) in [6.45, 7) is 5.39. The summed E-state index contributed by atoms with van der Waals surface area (Å²) in [5, 5.41) is 4.11. The highest BCUT2D eigenvalue weighted by molar-refractivity contribution is 5.81. The maximum Gasteiger partial charge on any atom is 0.306 e. The molecule has 0 radical (unpaired) electrons. The summed E-state index contributed by atoms with van der Waals surface area (Å²) in [7, 11) is 0. The van der Waals surface area contributed by atoms with Crippen LogP contribution in [0.4, 0.5) is 0 Å². The zero-order valence-electron chi connectivity index (χ0n) is 15.8. The molecule has 1 aliphatic rings. The van der Waals surface area contributed by atoms with Gasteiger partial charge in [0.05, 0.1) is 13.0 Å². The van der Waals surface area contributed by atoms with Crippen LogP contribution in [0.3, 0.4) is 0 Å². The lowest BCUT2D eigenvalue weighted by atomic mass is 9.96. The Morgan fingerprint density at radius 1 is 1.26 bits per heavy atom. The van der Waals surface area contributed by atoms with Gasteiger partial charge in [0.15, 0.2) is 0 Å². The van der Waals surface area contributed by atoms with Gasteiger partial charge >= 0.3 is 5.97 Å². The van der Waals surface area contributed by atoms with E-state index in [2.05, 4.69) is 10.1 Å². The van der Waals surface area contributed by atoms with Crippen LogP contribution in [0.15, 0.2) is 28.8 Å². The molecule has 2 aromatic rings. The van der Waals surface area contributed by atoms with Crippen molar-refractivity contribution in [3.8, 4) is 11.4 Å². The molecule has 1 amide bonds. The van der Waals surface area contributed by atoms with Gasteiger partial charge < -0.3 is 14.2 Å². The van der Waals surface area contributed by atoms with Crippen LogP contribution in [0.5, 0.6) is 0 Å². The number of amides is 1. The number of aryl methyl sites for hydroxylation is 1. The molecule has 0 atom stereocenters. The molecule has 7 heteroatoms. The van der Waals surface area contributed by atoms with Gasteiger partial charge in [-0.1, -0.05) is 28.9 Å². The molecule has 0 spiro atoms. The van der Waals surface area contributed by atoms with Gasteiger partial charge in [-0.3, -0.25) is 9.59 Å². The number of carbonyl (C=O) groups excluding carboxylic acids is 2. The van der Waals surface area contributed by atoms with E-state index in [0.717, 1.165) is 24.0 Å². The van der Waals surface area contributed by atoms with E-state index in [0.29, 0.717) is 31.4 Å². The van der Waals surface area contributed by atoms with Crippen molar-refractivity contribution in [1.29, 1.82) is 0 Å². The number of nitrogens with zero attached hydrogens (tertiary/aromatic N) is 3. The summed E-state index contributed by atoms with van der Waals surface area (Å²) < 4.78 is 10.3. The van der Waals surface area contributed by atoms with Crippen molar-refractivity contribution in [3.63, 3.8) is 0 Å². The van der Waals surface area contributed by atoms with Crippen molar-refractivity contribution in [2.24, 2.45) is 0 Å². The van der Waals surface area contributed by atoms with Crippen LogP contribution in [-0.4, -0.2) is 46.6 Å². The van der Waals surface area contributed by atoms with E-state index in [9.17, 15) is 9.59 Å². The topological polar surface area (TPSA) is 85.5 Å². The van der Waals surface area contributed by atoms with E-state index in [-0.39, 0.29) is 30.6 Å². The molecule has 2 heterocycles. The quantitative estimate of drug-likeness (QED) is 0.726. The van der Waals surface area contributed by atoms with Gasteiger partial charge in [0, 0.05) is 31.0 Å². The number of rotatable bonds is 6. The van der Waals surface area contributed by atoms with Gasteiger partial charge in [-0.2, -0.15) is 4.98 Å². The standard InChI is InChI=1S/C20H25N3O4/c1-3-26-18(25)8-7-17(24)23-11-9-15(10-12-23)20-21-19(22-27-20)16-6-4-5-14(2)13-16/h4-6,13,15H,3,7-12H2,1-2H3. The molecule has 7 nitrogen and oxygen atoms in total. The van der Waals surface area contributed by atoms with Crippen molar-refractivity contribution in [2.75, 3.05) is 19.7 Å². The van der Waals surface area contributed by atoms with Crippen molar-refractivity contribution < 1.29 is 18.8 Å². The number of ether oxygens (including phenoxy) is 1. The molecular formula is C20H25N3O4. The first-order chi connectivity index (χ1) is 13.1. The molecule has 1 fully saturated rings. The van der Waals surface area contributed by atoms with Crippen LogP contribution in [0.2, 0.25) is 0 Å². The number of likely N-dealkylation sites (tertiary alicyclic amines) is 1. The second-order valence-corrected chi connectivity index (χ2v) is 6.79. The SMILES string of the molecule is CCOC(=O)CCC(=O)N1CCC(c2nc(-c3cccc(C)c3)no2)CC1. The minimum Gasteiger partial charge on any atom is -0.466 e. The van der Waals surface area contributed by atoms with Crippen molar-refractivity contribution >= 4 is 11.9 Å². The maximum atomic E-state index is 12.2. The molecule has 0 aliphatic carbocycles. The second kappa shape index (κ2) is 8.79. The van der Waals surface area contributed by atoms with Crippen LogP contribution in [0.1, 0.15) is 50.0 Å². The minimum absolute atomic E-state index is 0.00696. The van der Waals surface area contributed by atoms with E-state index < -0.39 is 0 Å². The third-order valence-corrected chi connectivity index (χ3v) is 4.76. The van der Waals surface area contributed by atoms with Gasteiger partial charge in [0.25, 0.3) is 0 Å². The first-order valence-corrected chi connectivity index (χ1v) is 9.41. The molecule has 0 N–H and O–H groups in total. The fourth-order valence-electron chi connectivity index (χ4n) is 3.28. The Morgan fingerprint density at radius 2 is 2.04 bits per heavy atom. The summed E-state index contributed by atoms with van der Waals surface area (Å²) in [4.78, 5) is 30.0. The van der Waals surface area contributed by atoms with Gasteiger partial charge in [-0.05, 0) is 32.8 Å². The number of hydrogen-bond acceptors (Lipinski definition) is 6. The molecular weight excluding hydrogens is 346 g/mol. The summed E-state index contributed by atoms with van der Waals surface area (Å²) in [5.41, 5.74) is 2.09. The predicted molar refractivity (Wildman–Crippen MR) is 98.9 cm³/mol. The predicted octanol–water partition coefficient (Wildman–Crippen LogP) is 3.09. The zero-order chi connectivity index (χ0) is 19.2. The minimum atomic E-state index is -0.324. The van der Waals surface area contributed by atoms with Gasteiger partial charge in [-0.15, -0.1) is 0 Å². The Balaban J connectivity index is 1.52. The highest BCUT2D eigenvalue weighted by atomic mass is 16.5. The number of esters is 1. The Hall–Kier alpha value is -2.70. The average Bonchev–Trinajstić information content (AvgIpc) is 3.17. The average molecular weight is 371 g/mol. The molecule has 0 unspecified atom stereocenters. The van der Waals surface area contributed by atoms with E-state index in [1.807, 2.05) is 31.2 Å². The fourth-order valence-corrected chi connectivity index (χ4v) is 3.28. The highest BCUT2D eigenvalue weighted by Crippen LogP contribution is 2.29. The largest absolute Gasteiger partial charge is 0.466 e. The summed E-state index contributed by atoms with van der Waals surface area (Å²) in [6.07, 6.45) is 1.89. The summed E-state index contributed by atoms with van der Waals surface area (Å²) in [5.74, 6) is 1.06. The fraction of sp³-hybridized carbons (Fsp3) is 0.500. The van der Waals surface area contributed by atoms with Crippen molar-refractivity contribution in [2.45, 2.75) is 45.4 Å². The first-order valence-electron chi connectivity index (χ1n) is 9.41. The van der Waals surface area contributed by atoms with Crippen molar-refractivity contribution in [1.82, 2.24) is 15.0 Å². The number of carbonyl (C=O) groups is 2.